The molecule has 0 saturated heterocycles. The summed E-state index contributed by atoms with van der Waals surface area (Å²) in [6.45, 7) is 4.49. The predicted molar refractivity (Wildman–Crippen MR) is 115 cm³/mol. The summed E-state index contributed by atoms with van der Waals surface area (Å²) in [4.78, 5) is 15.8. The number of rotatable bonds is 2. The first-order valence-electron chi connectivity index (χ1n) is 10.8. The molecular formula is C26H26N2O2. The van der Waals surface area contributed by atoms with Crippen molar-refractivity contribution < 1.29 is 9.90 Å². The van der Waals surface area contributed by atoms with Crippen molar-refractivity contribution in [1.82, 2.24) is 4.98 Å². The van der Waals surface area contributed by atoms with Crippen molar-refractivity contribution in [1.29, 1.82) is 5.26 Å². The summed E-state index contributed by atoms with van der Waals surface area (Å²) in [6, 6.07) is 7.96. The number of carboxylic acids is 1. The van der Waals surface area contributed by atoms with E-state index >= 15 is 0 Å². The molecule has 0 spiro atoms. The minimum Gasteiger partial charge on any atom is -0.478 e. The van der Waals surface area contributed by atoms with Crippen LogP contribution in [-0.4, -0.2) is 16.1 Å². The normalized spacial score (nSPS) is 29.2. The van der Waals surface area contributed by atoms with Crippen molar-refractivity contribution in [3.05, 3.63) is 70.0 Å². The molecule has 0 bridgehead atoms. The van der Waals surface area contributed by atoms with E-state index in [4.69, 9.17) is 0 Å². The van der Waals surface area contributed by atoms with Gasteiger partial charge in [-0.15, -0.1) is 0 Å². The highest BCUT2D eigenvalue weighted by Gasteiger charge is 2.52. The molecular weight excluding hydrogens is 372 g/mol. The summed E-state index contributed by atoms with van der Waals surface area (Å²) >= 11 is 0. The molecule has 5 rings (SSSR count). The number of hydrogen-bond acceptors (Lipinski definition) is 3. The third kappa shape index (κ3) is 2.72. The first kappa shape index (κ1) is 19.1. The topological polar surface area (TPSA) is 74.0 Å². The van der Waals surface area contributed by atoms with E-state index in [9.17, 15) is 15.2 Å². The van der Waals surface area contributed by atoms with E-state index < -0.39 is 5.97 Å². The first-order valence-corrected chi connectivity index (χ1v) is 10.8. The average Bonchev–Trinajstić information content (AvgIpc) is 3.10. The predicted octanol–water partition coefficient (Wildman–Crippen LogP) is 5.51. The zero-order chi connectivity index (χ0) is 21.0. The van der Waals surface area contributed by atoms with E-state index in [2.05, 4.69) is 31.0 Å². The van der Waals surface area contributed by atoms with E-state index in [1.807, 2.05) is 24.4 Å². The third-order valence-electron chi connectivity index (χ3n) is 8.03. The fraction of sp³-hybridized carbons (Fsp3) is 0.423. The number of aryl methyl sites for hydroxylation is 2. The van der Waals surface area contributed by atoms with Gasteiger partial charge in [0.05, 0.1) is 11.1 Å². The van der Waals surface area contributed by atoms with Crippen LogP contribution in [0.1, 0.15) is 76.7 Å². The number of nitrogens with zero attached hydrogens (tertiary/aromatic N) is 2. The van der Waals surface area contributed by atoms with Crippen LogP contribution in [0.25, 0.3) is 5.57 Å². The van der Waals surface area contributed by atoms with E-state index in [0.717, 1.165) is 43.2 Å². The molecule has 152 valence electrons. The number of aromatic nitrogens is 1. The average molecular weight is 399 g/mol. The lowest BCUT2D eigenvalue weighted by atomic mass is 9.53. The molecule has 1 heterocycles. The van der Waals surface area contributed by atoms with Crippen LogP contribution in [0, 0.1) is 35.5 Å². The van der Waals surface area contributed by atoms with Crippen LogP contribution in [-0.2, 0) is 6.42 Å². The van der Waals surface area contributed by atoms with Gasteiger partial charge in [0.1, 0.15) is 6.07 Å². The van der Waals surface area contributed by atoms with E-state index in [1.165, 1.54) is 16.7 Å². The Kier molecular flexibility index (Phi) is 4.32. The molecule has 1 aromatic carbocycles. The van der Waals surface area contributed by atoms with Gasteiger partial charge in [-0.3, -0.25) is 4.98 Å². The summed E-state index contributed by atoms with van der Waals surface area (Å²) in [6.07, 6.45) is 11.3. The summed E-state index contributed by atoms with van der Waals surface area (Å²) in [5, 5.41) is 18.7. The molecule has 0 aliphatic heterocycles. The van der Waals surface area contributed by atoms with Crippen LogP contribution in [0.5, 0.6) is 0 Å². The fourth-order valence-electron chi connectivity index (χ4n) is 6.77. The highest BCUT2D eigenvalue weighted by molar-refractivity contribution is 5.88. The Labute approximate surface area is 177 Å². The van der Waals surface area contributed by atoms with Crippen molar-refractivity contribution in [2.45, 2.75) is 51.9 Å². The number of allylic oxidation sites excluding steroid dienone is 2. The smallest absolute Gasteiger partial charge is 0.335 e. The molecule has 1 N–H and O–H groups in total. The SMILES string of the molecule is Cc1cc(C(=O)O)cc2c1[C@H]1CC[C@]3(C)C(c4cncc(C#N)c4)=CC[C@H]3[C@@H]1CC2. The fourth-order valence-corrected chi connectivity index (χ4v) is 6.77. The van der Waals surface area contributed by atoms with Gasteiger partial charge in [0.25, 0.3) is 0 Å². The number of nitriles is 1. The second-order valence-electron chi connectivity index (χ2n) is 9.47. The summed E-state index contributed by atoms with van der Waals surface area (Å²) in [5.41, 5.74) is 7.40. The first-order chi connectivity index (χ1) is 14.4. The molecule has 4 nitrogen and oxygen atoms in total. The third-order valence-corrected chi connectivity index (χ3v) is 8.03. The molecule has 4 atom stereocenters. The van der Waals surface area contributed by atoms with Gasteiger partial charge in [-0.25, -0.2) is 4.79 Å². The molecule has 1 fully saturated rings. The number of hydrogen-bond donors (Lipinski definition) is 1. The maximum atomic E-state index is 11.5. The number of aromatic carboxylic acids is 1. The highest BCUT2D eigenvalue weighted by Crippen LogP contribution is 2.63. The molecule has 1 aromatic heterocycles. The highest BCUT2D eigenvalue weighted by atomic mass is 16.4. The Balaban J connectivity index is 1.49. The van der Waals surface area contributed by atoms with E-state index in [0.29, 0.717) is 28.9 Å². The van der Waals surface area contributed by atoms with Crippen LogP contribution < -0.4 is 0 Å². The lowest BCUT2D eigenvalue weighted by Gasteiger charge is -2.51. The minimum atomic E-state index is -0.836. The van der Waals surface area contributed by atoms with Crippen molar-refractivity contribution >= 4 is 11.5 Å². The molecule has 0 radical (unpaired) electrons. The molecule has 0 amide bonds. The quantitative estimate of drug-likeness (QED) is 0.724. The van der Waals surface area contributed by atoms with Gasteiger partial charge in [-0.05, 0) is 108 Å². The van der Waals surface area contributed by atoms with Crippen molar-refractivity contribution in [3.63, 3.8) is 0 Å². The summed E-state index contributed by atoms with van der Waals surface area (Å²) in [7, 11) is 0. The molecule has 4 heteroatoms. The van der Waals surface area contributed by atoms with Crippen molar-refractivity contribution in [3.8, 4) is 6.07 Å². The second kappa shape index (κ2) is 6.80. The molecule has 3 aliphatic rings. The van der Waals surface area contributed by atoms with Crippen molar-refractivity contribution in [2.75, 3.05) is 0 Å². The number of pyridine rings is 1. The number of carbonyl (C=O) groups is 1. The Hall–Kier alpha value is -2.93. The Morgan fingerprint density at radius 2 is 2.10 bits per heavy atom. The Morgan fingerprint density at radius 3 is 2.87 bits per heavy atom. The zero-order valence-corrected chi connectivity index (χ0v) is 17.5. The van der Waals surface area contributed by atoms with Crippen LogP contribution in [0.4, 0.5) is 0 Å². The van der Waals surface area contributed by atoms with Gasteiger partial charge in [-0.1, -0.05) is 13.0 Å². The van der Waals surface area contributed by atoms with Gasteiger partial charge >= 0.3 is 5.97 Å². The van der Waals surface area contributed by atoms with E-state index in [1.54, 1.807) is 6.20 Å². The molecule has 3 aliphatic carbocycles. The molecule has 30 heavy (non-hydrogen) atoms. The van der Waals surface area contributed by atoms with Crippen LogP contribution >= 0.6 is 0 Å². The van der Waals surface area contributed by atoms with Gasteiger partial charge in [0.2, 0.25) is 0 Å². The lowest BCUT2D eigenvalue weighted by Crippen LogP contribution is -2.41. The summed E-state index contributed by atoms with van der Waals surface area (Å²) in [5.74, 6) is 0.887. The van der Waals surface area contributed by atoms with E-state index in [-0.39, 0.29) is 5.41 Å². The molecule has 0 unspecified atom stereocenters. The second-order valence-corrected chi connectivity index (χ2v) is 9.47. The maximum absolute atomic E-state index is 11.5. The molecule has 1 saturated carbocycles. The molecule has 2 aromatic rings. The van der Waals surface area contributed by atoms with Gasteiger partial charge in [0, 0.05) is 12.4 Å². The van der Waals surface area contributed by atoms with Gasteiger partial charge < -0.3 is 5.11 Å². The van der Waals surface area contributed by atoms with Gasteiger partial charge in [-0.2, -0.15) is 5.26 Å². The summed E-state index contributed by atoms with van der Waals surface area (Å²) < 4.78 is 0. The van der Waals surface area contributed by atoms with Crippen LogP contribution in [0.3, 0.4) is 0 Å². The number of fused-ring (bicyclic) bond motifs is 5. The number of benzene rings is 1. The zero-order valence-electron chi connectivity index (χ0n) is 17.5. The maximum Gasteiger partial charge on any atom is 0.335 e. The standard InChI is InChI=1S/C26H26N2O2/c1-15-9-18(25(29)30)11-17-3-4-20-21(24(15)17)7-8-26(2)22(5-6-23(20)26)19-10-16(12-27)13-28-14-19/h5,9-11,13-14,20-21,23H,3-4,6-8H2,1-2H3,(H,29,30)/t20-,21+,23+,26-/m1/s1. The van der Waals surface area contributed by atoms with Crippen LogP contribution in [0.15, 0.2) is 36.7 Å². The minimum absolute atomic E-state index is 0.114. The lowest BCUT2D eigenvalue weighted by molar-refractivity contribution is 0.0695. The largest absolute Gasteiger partial charge is 0.478 e. The Morgan fingerprint density at radius 1 is 1.27 bits per heavy atom. The van der Waals surface area contributed by atoms with Crippen molar-refractivity contribution in [2.24, 2.45) is 17.3 Å². The monoisotopic (exact) mass is 398 g/mol. The number of carboxylic acid groups (broad SMARTS) is 1. The van der Waals surface area contributed by atoms with Gasteiger partial charge in [0.15, 0.2) is 0 Å². The van der Waals surface area contributed by atoms with Crippen LogP contribution in [0.2, 0.25) is 0 Å². The Bertz CT molecular complexity index is 1130.